The van der Waals surface area contributed by atoms with Gasteiger partial charge in [-0.2, -0.15) is 0 Å². The lowest BCUT2D eigenvalue weighted by atomic mass is 9.59. The van der Waals surface area contributed by atoms with E-state index in [0.29, 0.717) is 34.5 Å². The average molecular weight is 476 g/mol. The molecule has 7 heteroatoms. The zero-order valence-electron chi connectivity index (χ0n) is 20.5. The molecular weight excluding hydrogens is 446 g/mol. The number of ether oxygens (including phenoxy) is 1. The number of Topliss-reactive ketones (excluding diaryl/α,β-unsaturated/α-hetero) is 1. The van der Waals surface area contributed by atoms with E-state index in [1.807, 2.05) is 26.8 Å². The van der Waals surface area contributed by atoms with E-state index in [2.05, 4.69) is 0 Å². The summed E-state index contributed by atoms with van der Waals surface area (Å²) >= 11 is 0. The molecule has 0 aromatic heterocycles. The van der Waals surface area contributed by atoms with E-state index in [1.54, 1.807) is 25.1 Å². The molecule has 1 aromatic carbocycles. The second-order valence-corrected chi connectivity index (χ2v) is 10.8. The molecule has 1 fully saturated rings. The van der Waals surface area contributed by atoms with Gasteiger partial charge in [-0.15, -0.1) is 0 Å². The van der Waals surface area contributed by atoms with Gasteiger partial charge >= 0.3 is 0 Å². The fourth-order valence-corrected chi connectivity index (χ4v) is 6.31. The Bertz CT molecular complexity index is 1290. The van der Waals surface area contributed by atoms with E-state index < -0.39 is 23.3 Å². The van der Waals surface area contributed by atoms with Crippen molar-refractivity contribution < 1.29 is 29.0 Å². The molecule has 2 amide bonds. The molecule has 0 saturated carbocycles. The molecule has 1 aliphatic heterocycles. The summed E-state index contributed by atoms with van der Waals surface area (Å²) in [6.07, 6.45) is 3.98. The number of hydrogen-bond acceptors (Lipinski definition) is 6. The molecule has 182 valence electrons. The van der Waals surface area contributed by atoms with Crippen LogP contribution in [0.15, 0.2) is 52.6 Å². The van der Waals surface area contributed by atoms with Gasteiger partial charge in [-0.05, 0) is 70.2 Å². The van der Waals surface area contributed by atoms with Gasteiger partial charge in [0.05, 0.1) is 18.9 Å². The Morgan fingerprint density at radius 1 is 1.06 bits per heavy atom. The van der Waals surface area contributed by atoms with Crippen molar-refractivity contribution in [1.29, 1.82) is 0 Å². The SMILES string of the molecule is COc1ccc([C@H]2C3=CC[C@@H]4C(=O)N(C(C)(C)C)C(=O)[C@@H]4[C@@H]3CC3=C2C(=O)C=C(C)C3=O)cc1O. The first kappa shape index (κ1) is 23.3. The zero-order valence-corrected chi connectivity index (χ0v) is 20.5. The number of nitrogens with zero attached hydrogens (tertiary/aromatic N) is 1. The number of carbonyl (C=O) groups excluding carboxylic acids is 4. The summed E-state index contributed by atoms with van der Waals surface area (Å²) in [6.45, 7) is 7.15. The Hall–Kier alpha value is -3.48. The number of ketones is 2. The fraction of sp³-hybridized carbons (Fsp3) is 0.429. The minimum Gasteiger partial charge on any atom is -0.504 e. The van der Waals surface area contributed by atoms with Gasteiger partial charge in [0.1, 0.15) is 0 Å². The largest absolute Gasteiger partial charge is 0.504 e. The number of aromatic hydroxyl groups is 1. The quantitative estimate of drug-likeness (QED) is 0.398. The van der Waals surface area contributed by atoms with E-state index in [4.69, 9.17) is 4.74 Å². The number of phenolic OH excluding ortho intramolecular Hbond substituents is 1. The third kappa shape index (κ3) is 3.32. The van der Waals surface area contributed by atoms with Crippen LogP contribution in [0.4, 0.5) is 0 Å². The van der Waals surface area contributed by atoms with Crippen LogP contribution >= 0.6 is 0 Å². The summed E-state index contributed by atoms with van der Waals surface area (Å²) in [7, 11) is 1.45. The van der Waals surface area contributed by atoms with Crippen molar-refractivity contribution in [3.05, 3.63) is 58.2 Å². The van der Waals surface area contributed by atoms with Crippen LogP contribution in [0.5, 0.6) is 11.5 Å². The molecule has 5 rings (SSSR count). The highest BCUT2D eigenvalue weighted by Crippen LogP contribution is 2.56. The van der Waals surface area contributed by atoms with E-state index >= 15 is 0 Å². The summed E-state index contributed by atoms with van der Waals surface area (Å²) in [5.74, 6) is -2.64. The third-order valence-electron chi connectivity index (χ3n) is 7.77. The highest BCUT2D eigenvalue weighted by molar-refractivity contribution is 6.23. The number of fused-ring (bicyclic) bond motifs is 3. The molecule has 0 unspecified atom stereocenters. The predicted molar refractivity (Wildman–Crippen MR) is 128 cm³/mol. The molecule has 0 radical (unpaired) electrons. The Morgan fingerprint density at radius 3 is 2.40 bits per heavy atom. The standard InChI is InChI=1S/C28H29NO6/c1-13-10-20(31)24-18(25(13)32)12-17-15(22(24)14-6-9-21(35-5)19(30)11-14)7-8-16-23(17)27(34)29(26(16)33)28(2,3)4/h6-7,9-11,16-17,22-23,30H,8,12H2,1-5H3/t16-,17+,22-,23-/m0/s1. The third-order valence-corrected chi connectivity index (χ3v) is 7.77. The van der Waals surface area contributed by atoms with Gasteiger partial charge in [-0.1, -0.05) is 17.7 Å². The van der Waals surface area contributed by atoms with Crippen LogP contribution in [0.25, 0.3) is 0 Å². The van der Waals surface area contributed by atoms with Crippen LogP contribution in [-0.2, 0) is 19.2 Å². The van der Waals surface area contributed by atoms with Gasteiger partial charge in [0, 0.05) is 28.2 Å². The van der Waals surface area contributed by atoms with Gasteiger partial charge in [0.2, 0.25) is 11.8 Å². The molecule has 1 saturated heterocycles. The minimum absolute atomic E-state index is 0.0732. The number of hydrogen-bond donors (Lipinski definition) is 1. The number of benzene rings is 1. The highest BCUT2D eigenvalue weighted by Gasteiger charge is 2.58. The topological polar surface area (TPSA) is 101 Å². The van der Waals surface area contributed by atoms with Gasteiger partial charge in [-0.25, -0.2) is 0 Å². The zero-order chi connectivity index (χ0) is 25.4. The smallest absolute Gasteiger partial charge is 0.234 e. The maximum absolute atomic E-state index is 13.6. The van der Waals surface area contributed by atoms with Crippen molar-refractivity contribution in [2.24, 2.45) is 17.8 Å². The number of imide groups is 1. The first-order valence-electron chi connectivity index (χ1n) is 11.9. The first-order valence-corrected chi connectivity index (χ1v) is 11.9. The predicted octanol–water partition coefficient (Wildman–Crippen LogP) is 3.63. The average Bonchev–Trinajstić information content (AvgIpc) is 3.06. The summed E-state index contributed by atoms with van der Waals surface area (Å²) in [4.78, 5) is 54.8. The second kappa shape index (κ2) is 7.77. The van der Waals surface area contributed by atoms with Crippen LogP contribution in [0.1, 0.15) is 52.0 Å². The normalized spacial score (nSPS) is 28.4. The Labute approximate surface area is 204 Å². The van der Waals surface area contributed by atoms with Crippen molar-refractivity contribution in [2.45, 2.75) is 52.0 Å². The molecule has 4 atom stereocenters. The van der Waals surface area contributed by atoms with Crippen molar-refractivity contribution in [3.8, 4) is 11.5 Å². The number of phenols is 1. The number of amides is 2. The van der Waals surface area contributed by atoms with Gasteiger partial charge in [0.15, 0.2) is 23.1 Å². The molecule has 0 bridgehead atoms. The summed E-state index contributed by atoms with van der Waals surface area (Å²) in [5, 5.41) is 10.5. The van der Waals surface area contributed by atoms with Crippen LogP contribution in [0.3, 0.4) is 0 Å². The molecule has 0 spiro atoms. The number of likely N-dealkylation sites (tertiary alicyclic amines) is 1. The van der Waals surface area contributed by atoms with E-state index in [-0.39, 0.29) is 41.5 Å². The Kier molecular flexibility index (Phi) is 5.16. The molecule has 7 nitrogen and oxygen atoms in total. The summed E-state index contributed by atoms with van der Waals surface area (Å²) < 4.78 is 5.18. The van der Waals surface area contributed by atoms with Crippen molar-refractivity contribution in [2.75, 3.05) is 7.11 Å². The van der Waals surface area contributed by atoms with Crippen molar-refractivity contribution in [3.63, 3.8) is 0 Å². The van der Waals surface area contributed by atoms with Crippen LogP contribution in [0.2, 0.25) is 0 Å². The Morgan fingerprint density at radius 2 is 1.77 bits per heavy atom. The molecule has 1 aromatic rings. The molecule has 4 aliphatic rings. The van der Waals surface area contributed by atoms with E-state index in [0.717, 1.165) is 5.57 Å². The lowest BCUT2D eigenvalue weighted by Crippen LogP contribution is -2.46. The summed E-state index contributed by atoms with van der Waals surface area (Å²) in [6, 6.07) is 4.95. The fourth-order valence-electron chi connectivity index (χ4n) is 6.31. The monoisotopic (exact) mass is 475 g/mol. The maximum Gasteiger partial charge on any atom is 0.234 e. The molecule has 3 aliphatic carbocycles. The molecule has 1 heterocycles. The molecule has 35 heavy (non-hydrogen) atoms. The van der Waals surface area contributed by atoms with E-state index in [1.165, 1.54) is 18.1 Å². The van der Waals surface area contributed by atoms with Crippen molar-refractivity contribution >= 4 is 23.4 Å². The maximum atomic E-state index is 13.6. The molecule has 1 N–H and O–H groups in total. The summed E-state index contributed by atoms with van der Waals surface area (Å²) in [5.41, 5.74) is 2.03. The Balaban J connectivity index is 1.69. The van der Waals surface area contributed by atoms with Gasteiger partial charge in [0.25, 0.3) is 0 Å². The lowest BCUT2D eigenvalue weighted by Gasteiger charge is -2.42. The van der Waals surface area contributed by atoms with Crippen LogP contribution in [0, 0.1) is 17.8 Å². The number of carbonyl (C=O) groups is 4. The number of methoxy groups -OCH3 is 1. The van der Waals surface area contributed by atoms with E-state index in [9.17, 15) is 24.3 Å². The minimum atomic E-state index is -0.651. The van der Waals surface area contributed by atoms with Gasteiger partial charge < -0.3 is 9.84 Å². The number of allylic oxidation sites excluding steroid dienone is 6. The lowest BCUT2D eigenvalue weighted by molar-refractivity contribution is -0.145. The van der Waals surface area contributed by atoms with Crippen LogP contribution in [-0.4, -0.2) is 46.0 Å². The highest BCUT2D eigenvalue weighted by atomic mass is 16.5. The van der Waals surface area contributed by atoms with Crippen LogP contribution < -0.4 is 4.74 Å². The van der Waals surface area contributed by atoms with Crippen molar-refractivity contribution in [1.82, 2.24) is 4.90 Å². The number of rotatable bonds is 2. The molecular formula is C28H29NO6. The van der Waals surface area contributed by atoms with Gasteiger partial charge in [-0.3, -0.25) is 24.1 Å². The second-order valence-electron chi connectivity index (χ2n) is 10.8. The first-order chi connectivity index (χ1) is 16.5.